The molecule has 0 radical (unpaired) electrons. The Morgan fingerprint density at radius 2 is 1.95 bits per heavy atom. The highest BCUT2D eigenvalue weighted by Crippen LogP contribution is 2.32. The Hall–Kier alpha value is -0.910. The van der Waals surface area contributed by atoms with Gasteiger partial charge >= 0.3 is 0 Å². The van der Waals surface area contributed by atoms with Crippen molar-refractivity contribution in [1.29, 1.82) is 0 Å². The summed E-state index contributed by atoms with van der Waals surface area (Å²) in [6.45, 7) is 5.37. The Labute approximate surface area is 137 Å². The standard InChI is InChI=1S/C17H26N2O2S/c1-20-17-12-14(13-19-8-6-18-7-9-19)2-3-16(17)21-15-4-10-22-11-5-15/h2-3,12,15,18H,4-11,13H2,1H3. The molecule has 1 N–H and O–H groups in total. The number of rotatable bonds is 5. The molecule has 3 rings (SSSR count). The van der Waals surface area contributed by atoms with E-state index in [2.05, 4.69) is 28.4 Å². The molecule has 0 saturated carbocycles. The fourth-order valence-corrected chi connectivity index (χ4v) is 4.07. The number of hydrogen-bond acceptors (Lipinski definition) is 5. The van der Waals surface area contributed by atoms with Crippen molar-refractivity contribution in [2.24, 2.45) is 0 Å². The summed E-state index contributed by atoms with van der Waals surface area (Å²) in [5, 5.41) is 3.39. The van der Waals surface area contributed by atoms with Crippen molar-refractivity contribution in [3.63, 3.8) is 0 Å². The second-order valence-corrected chi connectivity index (χ2v) is 7.17. The summed E-state index contributed by atoms with van der Waals surface area (Å²) in [5.41, 5.74) is 1.30. The van der Waals surface area contributed by atoms with Gasteiger partial charge in [0, 0.05) is 32.7 Å². The predicted octanol–water partition coefficient (Wildman–Crippen LogP) is 2.37. The van der Waals surface area contributed by atoms with Crippen molar-refractivity contribution in [3.05, 3.63) is 23.8 Å². The van der Waals surface area contributed by atoms with Gasteiger partial charge in [-0.15, -0.1) is 0 Å². The summed E-state index contributed by atoms with van der Waals surface area (Å²) in [6, 6.07) is 6.39. The van der Waals surface area contributed by atoms with Gasteiger partial charge < -0.3 is 14.8 Å². The van der Waals surface area contributed by atoms with Gasteiger partial charge in [0.2, 0.25) is 0 Å². The monoisotopic (exact) mass is 322 g/mol. The van der Waals surface area contributed by atoms with Crippen molar-refractivity contribution >= 4 is 11.8 Å². The fraction of sp³-hybridized carbons (Fsp3) is 0.647. The first-order chi connectivity index (χ1) is 10.8. The van der Waals surface area contributed by atoms with Crippen LogP contribution in [-0.4, -0.2) is 55.8 Å². The predicted molar refractivity (Wildman–Crippen MR) is 92.1 cm³/mol. The average Bonchev–Trinajstić information content (AvgIpc) is 2.58. The molecule has 22 heavy (non-hydrogen) atoms. The van der Waals surface area contributed by atoms with Crippen molar-refractivity contribution in [3.8, 4) is 11.5 Å². The Bertz CT molecular complexity index is 472. The zero-order valence-electron chi connectivity index (χ0n) is 13.3. The van der Waals surface area contributed by atoms with E-state index in [1.807, 2.05) is 11.8 Å². The molecule has 2 heterocycles. The molecule has 5 heteroatoms. The minimum absolute atomic E-state index is 0.342. The largest absolute Gasteiger partial charge is 0.493 e. The summed E-state index contributed by atoms with van der Waals surface area (Å²) in [7, 11) is 1.73. The zero-order valence-corrected chi connectivity index (χ0v) is 14.2. The first-order valence-corrected chi connectivity index (χ1v) is 9.35. The maximum absolute atomic E-state index is 6.16. The lowest BCUT2D eigenvalue weighted by atomic mass is 10.1. The Morgan fingerprint density at radius 3 is 2.68 bits per heavy atom. The molecule has 0 amide bonds. The number of nitrogens with one attached hydrogen (secondary N) is 1. The van der Waals surface area contributed by atoms with E-state index in [-0.39, 0.29) is 0 Å². The highest BCUT2D eigenvalue weighted by molar-refractivity contribution is 7.99. The molecular formula is C17H26N2O2S. The molecule has 122 valence electrons. The van der Waals surface area contributed by atoms with Gasteiger partial charge in [-0.1, -0.05) is 6.07 Å². The topological polar surface area (TPSA) is 33.7 Å². The molecule has 4 nitrogen and oxygen atoms in total. The van der Waals surface area contributed by atoms with Gasteiger partial charge in [-0.3, -0.25) is 4.90 Å². The van der Waals surface area contributed by atoms with Gasteiger partial charge in [-0.2, -0.15) is 11.8 Å². The van der Waals surface area contributed by atoms with Crippen LogP contribution in [0.25, 0.3) is 0 Å². The maximum Gasteiger partial charge on any atom is 0.161 e. The molecule has 0 unspecified atom stereocenters. The van der Waals surface area contributed by atoms with Crippen LogP contribution in [0.3, 0.4) is 0 Å². The van der Waals surface area contributed by atoms with Gasteiger partial charge in [-0.05, 0) is 42.0 Å². The number of ether oxygens (including phenoxy) is 2. The molecule has 1 aromatic rings. The van der Waals surface area contributed by atoms with Crippen molar-refractivity contribution in [2.75, 3.05) is 44.8 Å². The van der Waals surface area contributed by atoms with E-state index < -0.39 is 0 Å². The van der Waals surface area contributed by atoms with E-state index in [1.165, 1.54) is 17.1 Å². The molecule has 2 aliphatic rings. The zero-order chi connectivity index (χ0) is 15.2. The third-order valence-corrected chi connectivity index (χ3v) is 5.35. The summed E-state index contributed by atoms with van der Waals surface area (Å²) in [4.78, 5) is 2.48. The van der Waals surface area contributed by atoms with E-state index in [0.29, 0.717) is 6.10 Å². The third-order valence-electron chi connectivity index (χ3n) is 4.31. The molecule has 1 aromatic carbocycles. The van der Waals surface area contributed by atoms with Crippen LogP contribution in [0.1, 0.15) is 18.4 Å². The summed E-state index contributed by atoms with van der Waals surface area (Å²) < 4.78 is 11.7. The molecule has 2 fully saturated rings. The normalized spacial score (nSPS) is 20.8. The van der Waals surface area contributed by atoms with Gasteiger partial charge in [0.15, 0.2) is 11.5 Å². The number of thioether (sulfide) groups is 1. The summed E-state index contributed by atoms with van der Waals surface area (Å²) in [5.74, 6) is 4.16. The maximum atomic E-state index is 6.16. The number of benzene rings is 1. The van der Waals surface area contributed by atoms with Gasteiger partial charge in [0.05, 0.1) is 7.11 Å². The third kappa shape index (κ3) is 4.31. The van der Waals surface area contributed by atoms with Crippen LogP contribution in [0.4, 0.5) is 0 Å². The molecule has 0 bridgehead atoms. The number of methoxy groups -OCH3 is 1. The average molecular weight is 322 g/mol. The van der Waals surface area contributed by atoms with Gasteiger partial charge in [0.25, 0.3) is 0 Å². The Balaban J connectivity index is 1.64. The van der Waals surface area contributed by atoms with E-state index in [9.17, 15) is 0 Å². The lowest BCUT2D eigenvalue weighted by Crippen LogP contribution is -2.42. The first kappa shape index (κ1) is 16.0. The van der Waals surface area contributed by atoms with Crippen LogP contribution < -0.4 is 14.8 Å². The van der Waals surface area contributed by atoms with E-state index >= 15 is 0 Å². The second-order valence-electron chi connectivity index (χ2n) is 5.94. The minimum Gasteiger partial charge on any atom is -0.493 e. The van der Waals surface area contributed by atoms with Crippen LogP contribution in [0.5, 0.6) is 11.5 Å². The molecule has 0 aromatic heterocycles. The molecular weight excluding hydrogens is 296 g/mol. The van der Waals surface area contributed by atoms with E-state index in [0.717, 1.165) is 57.1 Å². The molecule has 0 aliphatic carbocycles. The highest BCUT2D eigenvalue weighted by Gasteiger charge is 2.18. The fourth-order valence-electron chi connectivity index (χ4n) is 3.01. The molecule has 0 spiro atoms. The highest BCUT2D eigenvalue weighted by atomic mass is 32.2. The van der Waals surface area contributed by atoms with Crippen molar-refractivity contribution in [1.82, 2.24) is 10.2 Å². The Morgan fingerprint density at radius 1 is 1.18 bits per heavy atom. The van der Waals surface area contributed by atoms with Crippen molar-refractivity contribution in [2.45, 2.75) is 25.5 Å². The van der Waals surface area contributed by atoms with Gasteiger partial charge in [-0.25, -0.2) is 0 Å². The van der Waals surface area contributed by atoms with E-state index in [4.69, 9.17) is 9.47 Å². The van der Waals surface area contributed by atoms with Crippen LogP contribution in [0, 0.1) is 0 Å². The second kappa shape index (κ2) is 8.09. The van der Waals surface area contributed by atoms with Gasteiger partial charge in [0.1, 0.15) is 6.10 Å². The first-order valence-electron chi connectivity index (χ1n) is 8.19. The minimum atomic E-state index is 0.342. The van der Waals surface area contributed by atoms with Crippen LogP contribution >= 0.6 is 11.8 Å². The number of hydrogen-bond donors (Lipinski definition) is 1. The number of piperazine rings is 1. The number of nitrogens with zero attached hydrogens (tertiary/aromatic N) is 1. The van der Waals surface area contributed by atoms with Crippen LogP contribution in [-0.2, 0) is 6.54 Å². The van der Waals surface area contributed by atoms with Crippen molar-refractivity contribution < 1.29 is 9.47 Å². The summed E-state index contributed by atoms with van der Waals surface area (Å²) >= 11 is 2.02. The Kier molecular flexibility index (Phi) is 5.87. The summed E-state index contributed by atoms with van der Waals surface area (Å²) in [6.07, 6.45) is 2.61. The van der Waals surface area contributed by atoms with Crippen LogP contribution in [0.2, 0.25) is 0 Å². The quantitative estimate of drug-likeness (QED) is 0.900. The molecule has 2 aliphatic heterocycles. The lowest BCUT2D eigenvalue weighted by Gasteiger charge is -2.27. The molecule has 0 atom stereocenters. The van der Waals surface area contributed by atoms with E-state index in [1.54, 1.807) is 7.11 Å². The smallest absolute Gasteiger partial charge is 0.161 e. The lowest BCUT2D eigenvalue weighted by molar-refractivity contribution is 0.184. The SMILES string of the molecule is COc1cc(CN2CCNCC2)ccc1OC1CCSCC1. The molecule has 2 saturated heterocycles. The van der Waals surface area contributed by atoms with Crippen LogP contribution in [0.15, 0.2) is 18.2 Å².